The summed E-state index contributed by atoms with van der Waals surface area (Å²) in [5.74, 6) is 0.203. The number of hydrogen-bond acceptors (Lipinski definition) is 7. The van der Waals surface area contributed by atoms with E-state index in [-0.39, 0.29) is 23.8 Å². The van der Waals surface area contributed by atoms with Gasteiger partial charge in [-0.05, 0) is 50.7 Å². The summed E-state index contributed by atoms with van der Waals surface area (Å²) in [7, 11) is 0. The zero-order valence-corrected chi connectivity index (χ0v) is 15.4. The molecule has 1 aromatic carbocycles. The molecule has 0 radical (unpaired) electrons. The van der Waals surface area contributed by atoms with E-state index in [0.717, 1.165) is 51.6 Å². The van der Waals surface area contributed by atoms with Crippen molar-refractivity contribution in [2.45, 2.75) is 56.7 Å². The number of rotatable bonds is 4. The largest absolute Gasteiger partial charge is 0.488 e. The second kappa shape index (κ2) is 7.34. The highest BCUT2D eigenvalue weighted by molar-refractivity contribution is 6.05. The number of halogens is 1. The van der Waals surface area contributed by atoms with Crippen molar-refractivity contribution in [2.24, 2.45) is 21.5 Å². The number of aliphatic imine (C=N–C) groups is 2. The Kier molecular flexibility index (Phi) is 4.90. The molecule has 1 aromatic rings. The summed E-state index contributed by atoms with van der Waals surface area (Å²) >= 11 is 0. The molecular formula is C19H26FN5O2. The molecule has 3 aliphatic rings. The first-order valence-corrected chi connectivity index (χ1v) is 9.61. The molecule has 146 valence electrons. The minimum atomic E-state index is -0.583. The first kappa shape index (κ1) is 18.0. The molecule has 0 bridgehead atoms. The molecule has 27 heavy (non-hydrogen) atoms. The number of hydrogen-bond donors (Lipinski definition) is 2. The van der Waals surface area contributed by atoms with E-state index in [1.54, 1.807) is 12.1 Å². The van der Waals surface area contributed by atoms with Gasteiger partial charge >= 0.3 is 0 Å². The average Bonchev–Trinajstić information content (AvgIpc) is 3.14. The van der Waals surface area contributed by atoms with Crippen molar-refractivity contribution in [3.63, 3.8) is 0 Å². The summed E-state index contributed by atoms with van der Waals surface area (Å²) in [5, 5.41) is 0. The van der Waals surface area contributed by atoms with Gasteiger partial charge in [0.25, 0.3) is 0 Å². The van der Waals surface area contributed by atoms with Crippen molar-refractivity contribution in [1.29, 1.82) is 0 Å². The van der Waals surface area contributed by atoms with Crippen LogP contribution in [0, 0.1) is 5.82 Å². The second-order valence-electron chi connectivity index (χ2n) is 7.38. The van der Waals surface area contributed by atoms with E-state index in [2.05, 4.69) is 9.98 Å². The SMILES string of the molecule is NC1=NC2(CCCCC2)N(c2ccc(OCC3CCCO3)c(F)c2)C(N)=N1. The molecule has 0 aromatic heterocycles. The van der Waals surface area contributed by atoms with E-state index in [0.29, 0.717) is 12.3 Å². The fourth-order valence-corrected chi connectivity index (χ4v) is 4.20. The Bertz CT molecular complexity index is 754. The lowest BCUT2D eigenvalue weighted by Gasteiger charge is -2.45. The summed E-state index contributed by atoms with van der Waals surface area (Å²) in [6, 6.07) is 4.86. The van der Waals surface area contributed by atoms with E-state index in [4.69, 9.17) is 20.9 Å². The summed E-state index contributed by atoms with van der Waals surface area (Å²) in [6.07, 6.45) is 6.81. The first-order valence-electron chi connectivity index (χ1n) is 9.61. The molecule has 0 amide bonds. The van der Waals surface area contributed by atoms with Crippen LogP contribution in [-0.4, -0.2) is 36.9 Å². The molecule has 1 atom stereocenters. The van der Waals surface area contributed by atoms with Crippen LogP contribution in [0.15, 0.2) is 28.2 Å². The van der Waals surface area contributed by atoms with Gasteiger partial charge in [-0.3, -0.25) is 4.90 Å². The maximum atomic E-state index is 14.7. The topological polar surface area (TPSA) is 98.5 Å². The Morgan fingerprint density at radius 3 is 2.74 bits per heavy atom. The van der Waals surface area contributed by atoms with Crippen LogP contribution in [0.25, 0.3) is 0 Å². The van der Waals surface area contributed by atoms with Crippen molar-refractivity contribution in [3.05, 3.63) is 24.0 Å². The fourth-order valence-electron chi connectivity index (χ4n) is 4.20. The van der Waals surface area contributed by atoms with Gasteiger partial charge in [-0.1, -0.05) is 6.42 Å². The van der Waals surface area contributed by atoms with Crippen LogP contribution in [0.5, 0.6) is 5.75 Å². The van der Waals surface area contributed by atoms with Crippen LogP contribution in [0.2, 0.25) is 0 Å². The van der Waals surface area contributed by atoms with Crippen LogP contribution in [-0.2, 0) is 4.74 Å². The molecular weight excluding hydrogens is 349 g/mol. The van der Waals surface area contributed by atoms with Gasteiger partial charge in [0.05, 0.1) is 6.10 Å². The van der Waals surface area contributed by atoms with Crippen molar-refractivity contribution in [2.75, 3.05) is 18.1 Å². The zero-order chi connectivity index (χ0) is 18.9. The highest BCUT2D eigenvalue weighted by Crippen LogP contribution is 2.40. The molecule has 1 unspecified atom stereocenters. The molecule has 2 fully saturated rings. The third kappa shape index (κ3) is 3.58. The number of benzene rings is 1. The van der Waals surface area contributed by atoms with Gasteiger partial charge < -0.3 is 20.9 Å². The highest BCUT2D eigenvalue weighted by Gasteiger charge is 2.42. The molecule has 2 heterocycles. The van der Waals surface area contributed by atoms with Crippen molar-refractivity contribution >= 4 is 17.6 Å². The van der Waals surface area contributed by atoms with Gasteiger partial charge in [-0.2, -0.15) is 4.99 Å². The Morgan fingerprint density at radius 2 is 2.04 bits per heavy atom. The van der Waals surface area contributed by atoms with Crippen molar-refractivity contribution in [3.8, 4) is 5.75 Å². The normalized spacial score (nSPS) is 24.6. The standard InChI is InChI=1S/C19H26FN5O2/c20-15-11-13(6-7-16(15)27-12-14-5-4-10-26-14)25-18(22)23-17(21)24-19(25)8-2-1-3-9-19/h6-7,11,14H,1-5,8-10,12H2,(H4,21,22,23,24). The van der Waals surface area contributed by atoms with Crippen LogP contribution < -0.4 is 21.1 Å². The molecule has 8 heteroatoms. The lowest BCUT2D eigenvalue weighted by atomic mass is 9.87. The number of anilines is 1. The highest BCUT2D eigenvalue weighted by atomic mass is 19.1. The summed E-state index contributed by atoms with van der Waals surface area (Å²) in [5.41, 5.74) is 12.1. The van der Waals surface area contributed by atoms with Gasteiger partial charge in [-0.25, -0.2) is 9.38 Å². The predicted molar refractivity (Wildman–Crippen MR) is 102 cm³/mol. The average molecular weight is 375 g/mol. The van der Waals surface area contributed by atoms with E-state index in [1.807, 2.05) is 4.90 Å². The number of guanidine groups is 2. The maximum Gasteiger partial charge on any atom is 0.220 e. The van der Waals surface area contributed by atoms with E-state index >= 15 is 0 Å². The Morgan fingerprint density at radius 1 is 1.22 bits per heavy atom. The number of nitrogens with zero attached hydrogens (tertiary/aromatic N) is 3. The lowest BCUT2D eigenvalue weighted by molar-refractivity contribution is 0.0666. The monoisotopic (exact) mass is 375 g/mol. The van der Waals surface area contributed by atoms with Crippen LogP contribution in [0.3, 0.4) is 0 Å². The fraction of sp³-hybridized carbons (Fsp3) is 0.579. The second-order valence-corrected chi connectivity index (χ2v) is 7.38. The number of ether oxygens (including phenoxy) is 2. The smallest absolute Gasteiger partial charge is 0.220 e. The Hall–Kier alpha value is -2.35. The van der Waals surface area contributed by atoms with Gasteiger partial charge in [-0.15, -0.1) is 0 Å². The minimum absolute atomic E-state index is 0.0387. The van der Waals surface area contributed by atoms with Crippen LogP contribution in [0.4, 0.5) is 10.1 Å². The Labute approximate surface area is 158 Å². The lowest BCUT2D eigenvalue weighted by Crippen LogP contribution is -2.58. The van der Waals surface area contributed by atoms with Crippen LogP contribution in [0.1, 0.15) is 44.9 Å². The molecule has 7 nitrogen and oxygen atoms in total. The van der Waals surface area contributed by atoms with E-state index in [1.165, 1.54) is 6.07 Å². The first-order chi connectivity index (χ1) is 13.1. The van der Waals surface area contributed by atoms with Crippen LogP contribution >= 0.6 is 0 Å². The van der Waals surface area contributed by atoms with Gasteiger partial charge in [0.1, 0.15) is 12.3 Å². The molecule has 1 spiro atoms. The van der Waals surface area contributed by atoms with Crippen molar-refractivity contribution < 1.29 is 13.9 Å². The summed E-state index contributed by atoms with van der Waals surface area (Å²) in [6.45, 7) is 1.10. The summed E-state index contributed by atoms with van der Waals surface area (Å²) in [4.78, 5) is 10.5. The molecule has 1 saturated heterocycles. The molecule has 4 N–H and O–H groups in total. The Balaban J connectivity index is 1.57. The van der Waals surface area contributed by atoms with Crippen molar-refractivity contribution in [1.82, 2.24) is 0 Å². The molecule has 2 aliphatic heterocycles. The zero-order valence-electron chi connectivity index (χ0n) is 15.4. The van der Waals surface area contributed by atoms with E-state index in [9.17, 15) is 4.39 Å². The van der Waals surface area contributed by atoms with E-state index < -0.39 is 11.5 Å². The van der Waals surface area contributed by atoms with Gasteiger partial charge in [0, 0.05) is 18.4 Å². The molecule has 1 saturated carbocycles. The third-order valence-corrected chi connectivity index (χ3v) is 5.47. The third-order valence-electron chi connectivity index (χ3n) is 5.47. The summed E-state index contributed by atoms with van der Waals surface area (Å²) < 4.78 is 25.8. The quantitative estimate of drug-likeness (QED) is 0.842. The van der Waals surface area contributed by atoms with Gasteiger partial charge in [0.15, 0.2) is 11.6 Å². The maximum absolute atomic E-state index is 14.7. The predicted octanol–water partition coefficient (Wildman–Crippen LogP) is 2.49. The van der Waals surface area contributed by atoms with Gasteiger partial charge in [0.2, 0.25) is 11.9 Å². The number of nitrogens with two attached hydrogens (primary N) is 2. The molecule has 4 rings (SSSR count). The molecule has 1 aliphatic carbocycles. The minimum Gasteiger partial charge on any atom is -0.488 e.